The van der Waals surface area contributed by atoms with E-state index in [0.29, 0.717) is 6.54 Å². The third kappa shape index (κ3) is 2.81. The number of amides is 2. The van der Waals surface area contributed by atoms with Crippen LogP contribution in [0.2, 0.25) is 0 Å². The van der Waals surface area contributed by atoms with E-state index in [1.54, 1.807) is 4.90 Å². The average Bonchev–Trinajstić information content (AvgIpc) is 3.14. The highest BCUT2D eigenvalue weighted by Crippen LogP contribution is 2.22. The van der Waals surface area contributed by atoms with Crippen LogP contribution < -0.4 is 5.32 Å². The van der Waals surface area contributed by atoms with Crippen LogP contribution in [0.5, 0.6) is 0 Å². The van der Waals surface area contributed by atoms with Crippen molar-refractivity contribution in [3.8, 4) is 0 Å². The van der Waals surface area contributed by atoms with Gasteiger partial charge in [0.2, 0.25) is 0 Å². The van der Waals surface area contributed by atoms with E-state index in [2.05, 4.69) is 29.4 Å². The topological polar surface area (TPSA) is 68.4 Å². The molecule has 0 bridgehead atoms. The highest BCUT2D eigenvalue weighted by molar-refractivity contribution is 5.86. The summed E-state index contributed by atoms with van der Waals surface area (Å²) in [5, 5.41) is 13.5. The van der Waals surface area contributed by atoms with E-state index in [9.17, 15) is 9.90 Å². The van der Waals surface area contributed by atoms with Gasteiger partial charge in [0.25, 0.3) is 0 Å². The van der Waals surface area contributed by atoms with Crippen molar-refractivity contribution in [3.63, 3.8) is 0 Å². The van der Waals surface area contributed by atoms with E-state index >= 15 is 0 Å². The minimum atomic E-state index is -0.0619. The van der Waals surface area contributed by atoms with Crippen LogP contribution in [0.1, 0.15) is 24.0 Å². The lowest BCUT2D eigenvalue weighted by molar-refractivity contribution is 0.157. The molecule has 1 aromatic heterocycles. The van der Waals surface area contributed by atoms with E-state index < -0.39 is 0 Å². The number of nitrogens with one attached hydrogen (secondary N) is 2. The number of aromatic amines is 1. The minimum absolute atomic E-state index is 0.0182. The number of benzene rings is 1. The van der Waals surface area contributed by atoms with Crippen LogP contribution in [0.3, 0.4) is 0 Å². The summed E-state index contributed by atoms with van der Waals surface area (Å²) in [5.74, 6) is 0. The fourth-order valence-electron chi connectivity index (χ4n) is 3.35. The first-order chi connectivity index (χ1) is 10.7. The van der Waals surface area contributed by atoms with Crippen LogP contribution in [0.15, 0.2) is 24.4 Å². The second-order valence-corrected chi connectivity index (χ2v) is 5.97. The van der Waals surface area contributed by atoms with Crippen molar-refractivity contribution in [2.45, 2.75) is 32.2 Å². The summed E-state index contributed by atoms with van der Waals surface area (Å²) in [5.41, 5.74) is 3.62. The molecule has 0 aliphatic carbocycles. The van der Waals surface area contributed by atoms with Gasteiger partial charge in [0, 0.05) is 30.2 Å². The quantitative estimate of drug-likeness (QED) is 0.810. The number of hydrogen-bond donors (Lipinski definition) is 3. The molecule has 1 aliphatic rings. The molecule has 1 atom stereocenters. The van der Waals surface area contributed by atoms with Crippen molar-refractivity contribution < 1.29 is 9.90 Å². The molecule has 1 saturated heterocycles. The number of carbonyl (C=O) groups excluding carboxylic acids is 1. The van der Waals surface area contributed by atoms with Crippen LogP contribution in [0, 0.1) is 6.92 Å². The zero-order valence-corrected chi connectivity index (χ0v) is 12.9. The van der Waals surface area contributed by atoms with Gasteiger partial charge in [-0.1, -0.05) is 12.1 Å². The standard InChI is InChI=1S/C17H23N3O2/c1-12-4-2-6-15-16(12)13(10-19-15)7-8-18-17(22)20-9-3-5-14(20)11-21/h2,4,6,10,14,19,21H,3,5,7-9,11H2,1H3,(H,18,22)/t14-/m0/s1. The summed E-state index contributed by atoms with van der Waals surface area (Å²) < 4.78 is 0. The van der Waals surface area contributed by atoms with Gasteiger partial charge in [-0.2, -0.15) is 0 Å². The highest BCUT2D eigenvalue weighted by Gasteiger charge is 2.27. The summed E-state index contributed by atoms with van der Waals surface area (Å²) in [6.45, 7) is 3.50. The summed E-state index contributed by atoms with van der Waals surface area (Å²) >= 11 is 0. The fraction of sp³-hybridized carbons (Fsp3) is 0.471. The normalized spacial score (nSPS) is 18.1. The molecule has 118 valence electrons. The van der Waals surface area contributed by atoms with Crippen LogP contribution in [-0.4, -0.2) is 46.8 Å². The van der Waals surface area contributed by atoms with E-state index in [1.807, 2.05) is 12.3 Å². The van der Waals surface area contributed by atoms with Crippen molar-refractivity contribution in [2.24, 2.45) is 0 Å². The summed E-state index contributed by atoms with van der Waals surface area (Å²) in [6.07, 6.45) is 4.69. The lowest BCUT2D eigenvalue weighted by Crippen LogP contribution is -2.44. The Hall–Kier alpha value is -2.01. The Balaban J connectivity index is 1.59. The maximum atomic E-state index is 12.2. The number of H-pyrrole nitrogens is 1. The first kappa shape index (κ1) is 14.9. The highest BCUT2D eigenvalue weighted by atomic mass is 16.3. The number of aliphatic hydroxyl groups is 1. The molecule has 1 fully saturated rings. The first-order valence-electron chi connectivity index (χ1n) is 7.91. The number of nitrogens with zero attached hydrogens (tertiary/aromatic N) is 1. The maximum absolute atomic E-state index is 12.2. The van der Waals surface area contributed by atoms with Gasteiger partial charge in [0.05, 0.1) is 12.6 Å². The smallest absolute Gasteiger partial charge is 0.317 e. The average molecular weight is 301 g/mol. The third-order valence-corrected chi connectivity index (χ3v) is 4.52. The molecule has 0 spiro atoms. The zero-order chi connectivity index (χ0) is 15.5. The van der Waals surface area contributed by atoms with Crippen molar-refractivity contribution in [3.05, 3.63) is 35.5 Å². The van der Waals surface area contributed by atoms with Crippen LogP contribution >= 0.6 is 0 Å². The Kier molecular flexibility index (Phi) is 4.34. The molecular weight excluding hydrogens is 278 g/mol. The van der Waals surface area contributed by atoms with E-state index in [4.69, 9.17) is 0 Å². The Bertz CT molecular complexity index is 665. The van der Waals surface area contributed by atoms with Gasteiger partial charge in [0.1, 0.15) is 0 Å². The molecule has 2 aromatic rings. The van der Waals surface area contributed by atoms with Gasteiger partial charge in [-0.3, -0.25) is 0 Å². The summed E-state index contributed by atoms with van der Waals surface area (Å²) in [6, 6.07) is 6.14. The Labute approximate surface area is 130 Å². The maximum Gasteiger partial charge on any atom is 0.317 e. The molecule has 2 heterocycles. The van der Waals surface area contributed by atoms with Crippen molar-refractivity contribution in [2.75, 3.05) is 19.7 Å². The lowest BCUT2D eigenvalue weighted by atomic mass is 10.1. The number of aromatic nitrogens is 1. The first-order valence-corrected chi connectivity index (χ1v) is 7.91. The number of likely N-dealkylation sites (tertiary alicyclic amines) is 1. The van der Waals surface area contributed by atoms with Gasteiger partial charge in [-0.05, 0) is 43.4 Å². The molecule has 0 radical (unpaired) electrons. The third-order valence-electron chi connectivity index (χ3n) is 4.52. The summed E-state index contributed by atoms with van der Waals surface area (Å²) in [7, 11) is 0. The number of fused-ring (bicyclic) bond motifs is 1. The molecule has 5 heteroatoms. The Morgan fingerprint density at radius 3 is 3.18 bits per heavy atom. The molecule has 22 heavy (non-hydrogen) atoms. The Morgan fingerprint density at radius 2 is 2.36 bits per heavy atom. The van der Waals surface area contributed by atoms with Gasteiger partial charge in [-0.15, -0.1) is 0 Å². The van der Waals surface area contributed by atoms with E-state index in [0.717, 1.165) is 31.3 Å². The molecule has 1 aromatic carbocycles. The SMILES string of the molecule is Cc1cccc2[nH]cc(CCNC(=O)N3CCC[C@H]3CO)c12. The minimum Gasteiger partial charge on any atom is -0.394 e. The lowest BCUT2D eigenvalue weighted by Gasteiger charge is -2.23. The van der Waals surface area contributed by atoms with Crippen LogP contribution in [-0.2, 0) is 6.42 Å². The molecule has 0 saturated carbocycles. The second kappa shape index (κ2) is 6.40. The number of hydrogen-bond acceptors (Lipinski definition) is 2. The molecule has 3 rings (SSSR count). The van der Waals surface area contributed by atoms with Gasteiger partial charge >= 0.3 is 6.03 Å². The predicted octanol–water partition coefficient (Wildman–Crippen LogP) is 2.19. The van der Waals surface area contributed by atoms with Crippen molar-refractivity contribution >= 4 is 16.9 Å². The predicted molar refractivity (Wildman–Crippen MR) is 87.0 cm³/mol. The molecular formula is C17H23N3O2. The monoisotopic (exact) mass is 301 g/mol. The Morgan fingerprint density at radius 1 is 1.50 bits per heavy atom. The largest absolute Gasteiger partial charge is 0.394 e. The molecule has 5 nitrogen and oxygen atoms in total. The van der Waals surface area contributed by atoms with Gasteiger partial charge < -0.3 is 20.3 Å². The molecule has 0 unspecified atom stereocenters. The molecule has 3 N–H and O–H groups in total. The van der Waals surface area contributed by atoms with Crippen molar-refractivity contribution in [1.82, 2.24) is 15.2 Å². The van der Waals surface area contributed by atoms with Crippen molar-refractivity contribution in [1.29, 1.82) is 0 Å². The number of aliphatic hydroxyl groups excluding tert-OH is 1. The summed E-state index contributed by atoms with van der Waals surface area (Å²) in [4.78, 5) is 17.2. The van der Waals surface area contributed by atoms with Crippen LogP contribution in [0.25, 0.3) is 10.9 Å². The second-order valence-electron chi connectivity index (χ2n) is 5.97. The number of rotatable bonds is 4. The number of aryl methyl sites for hydroxylation is 1. The van der Waals surface area contributed by atoms with E-state index in [1.165, 1.54) is 16.5 Å². The molecule has 1 aliphatic heterocycles. The zero-order valence-electron chi connectivity index (χ0n) is 12.9. The van der Waals surface area contributed by atoms with Crippen LogP contribution in [0.4, 0.5) is 4.79 Å². The number of carbonyl (C=O) groups is 1. The van der Waals surface area contributed by atoms with E-state index in [-0.39, 0.29) is 18.7 Å². The number of urea groups is 1. The van der Waals surface area contributed by atoms with Gasteiger partial charge in [-0.25, -0.2) is 4.79 Å². The van der Waals surface area contributed by atoms with Gasteiger partial charge in [0.15, 0.2) is 0 Å². The molecule has 2 amide bonds. The fourth-order valence-corrected chi connectivity index (χ4v) is 3.35.